The largest absolute Gasteiger partial charge is 0.481 e. The third-order valence-electron chi connectivity index (χ3n) is 3.75. The van der Waals surface area contributed by atoms with E-state index in [1.807, 2.05) is 18.2 Å². The van der Waals surface area contributed by atoms with Gasteiger partial charge in [0.2, 0.25) is 0 Å². The summed E-state index contributed by atoms with van der Waals surface area (Å²) >= 11 is 1.25. The second-order valence-electron chi connectivity index (χ2n) is 5.13. The number of thiazole rings is 1. The molecule has 0 saturated heterocycles. The third-order valence-corrected chi connectivity index (χ3v) is 4.75. The van der Waals surface area contributed by atoms with E-state index in [9.17, 15) is 9.59 Å². The number of carboxylic acids is 1. The zero-order chi connectivity index (χ0) is 14.3. The Bertz CT molecular complexity index is 729. The van der Waals surface area contributed by atoms with E-state index in [0.29, 0.717) is 5.92 Å². The summed E-state index contributed by atoms with van der Waals surface area (Å²) in [6, 6.07) is 8.08. The van der Waals surface area contributed by atoms with Crippen LogP contribution in [0, 0.1) is 0 Å². The van der Waals surface area contributed by atoms with Crippen LogP contribution in [0.2, 0.25) is 0 Å². The van der Waals surface area contributed by atoms with Crippen LogP contribution in [0.3, 0.4) is 0 Å². The number of aliphatic carboxylic acids is 1. The van der Waals surface area contributed by atoms with E-state index in [2.05, 4.69) is 13.0 Å². The fourth-order valence-corrected chi connectivity index (χ4v) is 3.98. The van der Waals surface area contributed by atoms with Crippen LogP contribution in [0.15, 0.2) is 29.1 Å². The molecule has 0 radical (unpaired) electrons. The predicted octanol–water partition coefficient (Wildman–Crippen LogP) is 2.71. The van der Waals surface area contributed by atoms with Crippen molar-refractivity contribution in [2.45, 2.75) is 32.2 Å². The first kappa shape index (κ1) is 13.1. The van der Waals surface area contributed by atoms with Crippen LogP contribution in [0.1, 0.15) is 29.7 Å². The van der Waals surface area contributed by atoms with Crippen molar-refractivity contribution in [1.29, 1.82) is 0 Å². The minimum Gasteiger partial charge on any atom is -0.481 e. The average Bonchev–Trinajstić information content (AvgIpc) is 2.72. The second kappa shape index (κ2) is 4.90. The molecule has 1 aromatic heterocycles. The normalized spacial score (nSPS) is 16.6. The highest BCUT2D eigenvalue weighted by molar-refractivity contribution is 7.09. The van der Waals surface area contributed by atoms with Crippen molar-refractivity contribution in [1.82, 2.24) is 4.57 Å². The molecule has 3 rings (SSSR count). The van der Waals surface area contributed by atoms with E-state index >= 15 is 0 Å². The Morgan fingerprint density at radius 1 is 1.45 bits per heavy atom. The van der Waals surface area contributed by atoms with Gasteiger partial charge in [-0.2, -0.15) is 0 Å². The summed E-state index contributed by atoms with van der Waals surface area (Å²) in [6.07, 6.45) is 0.827. The number of nitrogens with zero attached hydrogens (tertiary/aromatic N) is 1. The van der Waals surface area contributed by atoms with E-state index < -0.39 is 5.97 Å². The maximum absolute atomic E-state index is 12.1. The molecule has 0 saturated carbocycles. The fourth-order valence-electron chi connectivity index (χ4n) is 2.83. The number of aromatic nitrogens is 1. The minimum atomic E-state index is -0.880. The minimum absolute atomic E-state index is 0.0270. The molecule has 0 bridgehead atoms. The van der Waals surface area contributed by atoms with E-state index in [1.54, 1.807) is 4.57 Å². The lowest BCUT2D eigenvalue weighted by Gasteiger charge is -2.23. The fraction of sp³-hybridized carbons (Fsp3) is 0.333. The molecule has 1 heterocycles. The molecular weight excluding hydrogens is 274 g/mol. The van der Waals surface area contributed by atoms with Crippen molar-refractivity contribution < 1.29 is 9.90 Å². The van der Waals surface area contributed by atoms with E-state index in [1.165, 1.54) is 16.9 Å². The Balaban J connectivity index is 2.14. The molecule has 4 nitrogen and oxygen atoms in total. The van der Waals surface area contributed by atoms with Crippen LogP contribution in [-0.2, 0) is 17.8 Å². The highest BCUT2D eigenvalue weighted by Gasteiger charge is 2.26. The van der Waals surface area contributed by atoms with Crippen LogP contribution in [-0.4, -0.2) is 15.6 Å². The van der Waals surface area contributed by atoms with E-state index in [-0.39, 0.29) is 17.8 Å². The summed E-state index contributed by atoms with van der Waals surface area (Å²) in [5.41, 5.74) is 3.24. The number of hydrogen-bond acceptors (Lipinski definition) is 3. The summed E-state index contributed by atoms with van der Waals surface area (Å²) < 4.78 is 1.62. The Kier molecular flexibility index (Phi) is 3.22. The number of fused-ring (bicyclic) bond motifs is 3. The van der Waals surface area contributed by atoms with Gasteiger partial charge in [-0.15, -0.1) is 0 Å². The lowest BCUT2D eigenvalue weighted by molar-refractivity contribution is -0.137. The van der Waals surface area contributed by atoms with Gasteiger partial charge in [-0.3, -0.25) is 14.2 Å². The molecule has 0 fully saturated rings. The first-order valence-electron chi connectivity index (χ1n) is 6.61. The lowest BCUT2D eigenvalue weighted by atomic mass is 9.85. The molecule has 1 aromatic carbocycles. The van der Waals surface area contributed by atoms with Gasteiger partial charge >= 0.3 is 10.8 Å². The molecule has 0 aliphatic heterocycles. The number of carboxylic acid groups (broad SMARTS) is 1. The van der Waals surface area contributed by atoms with Crippen molar-refractivity contribution in [2.75, 3.05) is 0 Å². The molecule has 0 amide bonds. The highest BCUT2D eigenvalue weighted by Crippen LogP contribution is 2.40. The molecule has 5 heteroatoms. The first-order chi connectivity index (χ1) is 9.58. The van der Waals surface area contributed by atoms with Crippen LogP contribution in [0.5, 0.6) is 0 Å². The van der Waals surface area contributed by atoms with Gasteiger partial charge in [0.05, 0.1) is 12.1 Å². The summed E-state index contributed by atoms with van der Waals surface area (Å²) in [4.78, 5) is 23.9. The van der Waals surface area contributed by atoms with Gasteiger partial charge in [-0.05, 0) is 17.9 Å². The number of benzene rings is 1. The lowest BCUT2D eigenvalue weighted by Crippen LogP contribution is -2.18. The molecule has 20 heavy (non-hydrogen) atoms. The highest BCUT2D eigenvalue weighted by atomic mass is 32.1. The van der Waals surface area contributed by atoms with Crippen molar-refractivity contribution >= 4 is 17.3 Å². The maximum Gasteiger partial charge on any atom is 0.307 e. The quantitative estimate of drug-likeness (QED) is 0.945. The number of carbonyl (C=O) groups is 1. The molecule has 1 N–H and O–H groups in total. The first-order valence-corrected chi connectivity index (χ1v) is 7.43. The van der Waals surface area contributed by atoms with Crippen LogP contribution in [0.25, 0.3) is 11.3 Å². The summed E-state index contributed by atoms with van der Waals surface area (Å²) in [5, 5.41) is 8.83. The molecule has 104 valence electrons. The van der Waals surface area contributed by atoms with E-state index in [4.69, 9.17) is 5.11 Å². The van der Waals surface area contributed by atoms with E-state index in [0.717, 1.165) is 22.6 Å². The van der Waals surface area contributed by atoms with Gasteiger partial charge in [0.25, 0.3) is 0 Å². The monoisotopic (exact) mass is 289 g/mol. The van der Waals surface area contributed by atoms with Crippen molar-refractivity contribution in [3.63, 3.8) is 0 Å². The van der Waals surface area contributed by atoms with Crippen LogP contribution < -0.4 is 4.87 Å². The van der Waals surface area contributed by atoms with Crippen LogP contribution >= 0.6 is 11.3 Å². The van der Waals surface area contributed by atoms with Crippen molar-refractivity contribution in [3.05, 3.63) is 44.4 Å². The third kappa shape index (κ3) is 2.08. The molecule has 1 unspecified atom stereocenters. The standard InChI is InChI=1S/C15H15NO3S/c1-9-8-12-14(11-5-3-2-4-10(9)11)16(15(19)20-12)7-6-13(17)18/h2-5,9H,6-8H2,1H3,(H,17,18). The van der Waals surface area contributed by atoms with Gasteiger partial charge in [0.15, 0.2) is 0 Å². The van der Waals surface area contributed by atoms with Gasteiger partial charge in [0.1, 0.15) is 0 Å². The Labute approximate surface area is 120 Å². The van der Waals surface area contributed by atoms with Crippen LogP contribution in [0.4, 0.5) is 0 Å². The zero-order valence-corrected chi connectivity index (χ0v) is 11.9. The molecule has 1 atom stereocenters. The van der Waals surface area contributed by atoms with Gasteiger partial charge < -0.3 is 5.11 Å². The average molecular weight is 289 g/mol. The summed E-state index contributed by atoms with van der Waals surface area (Å²) in [6.45, 7) is 2.40. The van der Waals surface area contributed by atoms with Gasteiger partial charge in [-0.25, -0.2) is 0 Å². The topological polar surface area (TPSA) is 59.3 Å². The molecular formula is C15H15NO3S. The SMILES string of the molecule is CC1Cc2sc(=O)n(CCC(=O)O)c2-c2ccccc21. The molecule has 1 aliphatic carbocycles. The smallest absolute Gasteiger partial charge is 0.307 e. The van der Waals surface area contributed by atoms with Gasteiger partial charge in [0, 0.05) is 17.0 Å². The summed E-state index contributed by atoms with van der Waals surface area (Å²) in [5.74, 6) is -0.487. The van der Waals surface area contributed by atoms with Gasteiger partial charge in [-0.1, -0.05) is 42.5 Å². The Morgan fingerprint density at radius 3 is 2.95 bits per heavy atom. The zero-order valence-electron chi connectivity index (χ0n) is 11.1. The second-order valence-corrected chi connectivity index (χ2v) is 6.17. The van der Waals surface area contributed by atoms with Crippen molar-refractivity contribution in [2.24, 2.45) is 0 Å². The maximum atomic E-state index is 12.1. The predicted molar refractivity (Wildman–Crippen MR) is 78.4 cm³/mol. The molecule has 0 spiro atoms. The summed E-state index contributed by atoms with van der Waals surface area (Å²) in [7, 11) is 0. The Morgan fingerprint density at radius 2 is 2.20 bits per heavy atom. The number of hydrogen-bond donors (Lipinski definition) is 1. The Hall–Kier alpha value is -1.88. The number of rotatable bonds is 3. The molecule has 1 aliphatic rings. The molecule has 2 aromatic rings. The van der Waals surface area contributed by atoms with Crippen molar-refractivity contribution in [3.8, 4) is 11.3 Å².